The number of likely N-dealkylation sites (N-methyl/N-ethyl adjacent to an activating group) is 1. The Hall–Kier alpha value is -4.69. The van der Waals surface area contributed by atoms with Gasteiger partial charge in [-0.3, -0.25) is 0 Å². The molecule has 0 radical (unpaired) electrons. The summed E-state index contributed by atoms with van der Waals surface area (Å²) in [5.41, 5.74) is 11.7. The molecular formula is C36H40N8. The number of benzene rings is 4. The van der Waals surface area contributed by atoms with E-state index in [-0.39, 0.29) is 6.17 Å². The Labute approximate surface area is 258 Å². The van der Waals surface area contributed by atoms with E-state index in [1.54, 1.807) is 0 Å². The van der Waals surface area contributed by atoms with Crippen LogP contribution in [0.3, 0.4) is 0 Å². The van der Waals surface area contributed by atoms with E-state index in [1.807, 2.05) is 0 Å². The molecule has 4 aromatic carbocycles. The van der Waals surface area contributed by atoms with E-state index in [2.05, 4.69) is 136 Å². The topological polar surface area (TPSA) is 67.4 Å². The highest BCUT2D eigenvalue weighted by molar-refractivity contribution is 6.09. The van der Waals surface area contributed by atoms with Crippen molar-refractivity contribution in [2.75, 3.05) is 66.7 Å². The van der Waals surface area contributed by atoms with Crippen LogP contribution in [0.5, 0.6) is 0 Å². The van der Waals surface area contributed by atoms with Crippen molar-refractivity contribution in [1.29, 1.82) is 0 Å². The molecule has 224 valence electrons. The Morgan fingerprint density at radius 1 is 0.773 bits per heavy atom. The highest BCUT2D eigenvalue weighted by Crippen LogP contribution is 2.40. The molecule has 2 aliphatic heterocycles. The SMILES string of the molecule is CCN(CC)c1ccc2c(c1)NC(c1ccc3c(c1)c1cc(-c4nc5ccc(N6CCN(C)CC6)cc5[nH]4)ccc1n3C)N2. The fourth-order valence-corrected chi connectivity index (χ4v) is 7.04. The predicted octanol–water partition coefficient (Wildman–Crippen LogP) is 7.01. The third kappa shape index (κ3) is 4.44. The normalized spacial score (nSPS) is 16.9. The van der Waals surface area contributed by atoms with E-state index in [9.17, 15) is 0 Å². The van der Waals surface area contributed by atoms with Crippen molar-refractivity contribution in [3.8, 4) is 11.4 Å². The molecule has 44 heavy (non-hydrogen) atoms. The van der Waals surface area contributed by atoms with Crippen LogP contribution in [0.2, 0.25) is 0 Å². The lowest BCUT2D eigenvalue weighted by atomic mass is 10.1. The highest BCUT2D eigenvalue weighted by atomic mass is 15.2. The Morgan fingerprint density at radius 3 is 2.32 bits per heavy atom. The number of piperazine rings is 1. The van der Waals surface area contributed by atoms with Crippen molar-refractivity contribution in [1.82, 2.24) is 19.4 Å². The number of anilines is 4. The maximum atomic E-state index is 5.00. The van der Waals surface area contributed by atoms with Gasteiger partial charge in [-0.1, -0.05) is 6.07 Å². The molecule has 6 aromatic rings. The summed E-state index contributed by atoms with van der Waals surface area (Å²) in [5.74, 6) is 0.907. The van der Waals surface area contributed by atoms with Crippen molar-refractivity contribution in [3.63, 3.8) is 0 Å². The van der Waals surface area contributed by atoms with Crippen molar-refractivity contribution in [2.24, 2.45) is 7.05 Å². The van der Waals surface area contributed by atoms with Crippen LogP contribution in [0.1, 0.15) is 25.6 Å². The number of nitrogens with zero attached hydrogens (tertiary/aromatic N) is 5. The van der Waals surface area contributed by atoms with Crippen LogP contribution in [0, 0.1) is 0 Å². The summed E-state index contributed by atoms with van der Waals surface area (Å²) in [7, 11) is 4.35. The average Bonchev–Trinajstić information content (AvgIpc) is 3.75. The lowest BCUT2D eigenvalue weighted by Crippen LogP contribution is -2.44. The molecule has 0 saturated carbocycles. The second-order valence-corrected chi connectivity index (χ2v) is 12.3. The Kier molecular flexibility index (Phi) is 6.41. The Morgan fingerprint density at radius 2 is 1.52 bits per heavy atom. The first-order valence-corrected chi connectivity index (χ1v) is 15.9. The maximum Gasteiger partial charge on any atom is 0.138 e. The minimum absolute atomic E-state index is 0.0182. The first-order chi connectivity index (χ1) is 21.5. The zero-order valence-electron chi connectivity index (χ0n) is 26.0. The third-order valence-corrected chi connectivity index (χ3v) is 9.70. The standard InChI is InChI=1S/C36H40N8/c1-5-43(6-2)25-9-11-29-31(21-25)39-35(37-29)23-7-13-33-27(19-23)28-20-24(8-14-34(28)42(33)4)36-38-30-12-10-26(22-32(30)40-36)44-17-15-41(3)16-18-44/h7-14,19-22,35,37,39H,5-6,15-18H2,1-4H3,(H,38,40). The second-order valence-electron chi connectivity index (χ2n) is 12.3. The van der Waals surface area contributed by atoms with Crippen molar-refractivity contribution >= 4 is 55.6 Å². The summed E-state index contributed by atoms with van der Waals surface area (Å²) in [6.07, 6.45) is 0.0182. The number of nitrogens with one attached hydrogen (secondary N) is 3. The van der Waals surface area contributed by atoms with Crippen LogP contribution in [0.25, 0.3) is 44.2 Å². The van der Waals surface area contributed by atoms with E-state index in [1.165, 1.54) is 38.7 Å². The van der Waals surface area contributed by atoms with E-state index in [0.717, 1.165) is 73.1 Å². The summed E-state index contributed by atoms with van der Waals surface area (Å²) in [6.45, 7) is 10.7. The van der Waals surface area contributed by atoms with Gasteiger partial charge in [0.05, 0.1) is 22.4 Å². The maximum absolute atomic E-state index is 5.00. The molecule has 0 bridgehead atoms. The molecule has 1 atom stereocenters. The van der Waals surface area contributed by atoms with Gasteiger partial charge < -0.3 is 34.9 Å². The second kappa shape index (κ2) is 10.5. The molecule has 0 spiro atoms. The first-order valence-electron chi connectivity index (χ1n) is 15.9. The molecule has 1 unspecified atom stereocenters. The molecule has 1 fully saturated rings. The van der Waals surface area contributed by atoms with Crippen LogP contribution in [-0.2, 0) is 7.05 Å². The van der Waals surface area contributed by atoms with Gasteiger partial charge in [0.25, 0.3) is 0 Å². The number of hydrogen-bond donors (Lipinski definition) is 3. The van der Waals surface area contributed by atoms with Crippen LogP contribution >= 0.6 is 0 Å². The minimum atomic E-state index is 0.0182. The number of hydrogen-bond acceptors (Lipinski definition) is 6. The summed E-state index contributed by atoms with van der Waals surface area (Å²) < 4.78 is 2.29. The molecule has 4 heterocycles. The van der Waals surface area contributed by atoms with Crippen LogP contribution in [0.4, 0.5) is 22.7 Å². The molecule has 2 aromatic heterocycles. The highest BCUT2D eigenvalue weighted by Gasteiger charge is 2.23. The number of aromatic nitrogens is 3. The molecule has 1 saturated heterocycles. The van der Waals surface area contributed by atoms with Gasteiger partial charge in [0.1, 0.15) is 12.0 Å². The summed E-state index contributed by atoms with van der Waals surface area (Å²) in [6, 6.07) is 26.8. The number of aromatic amines is 1. The number of fused-ring (bicyclic) bond motifs is 5. The van der Waals surface area contributed by atoms with Gasteiger partial charge in [-0.05, 0) is 93.2 Å². The largest absolute Gasteiger partial charge is 0.372 e. The fraction of sp³-hybridized carbons (Fsp3) is 0.306. The lowest BCUT2D eigenvalue weighted by Gasteiger charge is -2.34. The van der Waals surface area contributed by atoms with Crippen LogP contribution < -0.4 is 20.4 Å². The molecule has 0 amide bonds. The summed E-state index contributed by atoms with van der Waals surface area (Å²) in [5, 5.41) is 9.91. The van der Waals surface area contributed by atoms with Gasteiger partial charge in [-0.2, -0.15) is 0 Å². The lowest BCUT2D eigenvalue weighted by molar-refractivity contribution is 0.313. The summed E-state index contributed by atoms with van der Waals surface area (Å²) in [4.78, 5) is 15.9. The smallest absolute Gasteiger partial charge is 0.138 e. The molecular weight excluding hydrogens is 544 g/mol. The molecule has 2 aliphatic rings. The number of H-pyrrole nitrogens is 1. The van der Waals surface area contributed by atoms with E-state index in [0.29, 0.717) is 0 Å². The first kappa shape index (κ1) is 26.9. The molecule has 3 N–H and O–H groups in total. The number of rotatable bonds is 6. The molecule has 8 rings (SSSR count). The van der Waals surface area contributed by atoms with E-state index in [4.69, 9.17) is 4.98 Å². The molecule has 8 nitrogen and oxygen atoms in total. The van der Waals surface area contributed by atoms with Gasteiger partial charge >= 0.3 is 0 Å². The van der Waals surface area contributed by atoms with Crippen LogP contribution in [-0.4, -0.2) is 65.8 Å². The summed E-state index contributed by atoms with van der Waals surface area (Å²) >= 11 is 0. The zero-order chi connectivity index (χ0) is 29.9. The number of aryl methyl sites for hydroxylation is 1. The average molecular weight is 585 g/mol. The van der Waals surface area contributed by atoms with Crippen molar-refractivity contribution in [3.05, 3.63) is 78.4 Å². The van der Waals surface area contributed by atoms with Gasteiger partial charge in [-0.15, -0.1) is 0 Å². The minimum Gasteiger partial charge on any atom is -0.372 e. The predicted molar refractivity (Wildman–Crippen MR) is 185 cm³/mol. The fourth-order valence-electron chi connectivity index (χ4n) is 7.04. The van der Waals surface area contributed by atoms with E-state index < -0.39 is 0 Å². The van der Waals surface area contributed by atoms with Crippen LogP contribution in [0.15, 0.2) is 72.8 Å². The third-order valence-electron chi connectivity index (χ3n) is 9.70. The quantitative estimate of drug-likeness (QED) is 0.196. The van der Waals surface area contributed by atoms with Gasteiger partial charge in [0.15, 0.2) is 0 Å². The van der Waals surface area contributed by atoms with E-state index >= 15 is 0 Å². The molecule has 8 heteroatoms. The van der Waals surface area contributed by atoms with Gasteiger partial charge in [0.2, 0.25) is 0 Å². The van der Waals surface area contributed by atoms with Gasteiger partial charge in [0, 0.05) is 85.1 Å². The number of imidazole rings is 1. The van der Waals surface area contributed by atoms with Crippen molar-refractivity contribution < 1.29 is 0 Å². The monoisotopic (exact) mass is 584 g/mol. The Bertz CT molecular complexity index is 2010. The molecule has 0 aliphatic carbocycles. The zero-order valence-corrected chi connectivity index (χ0v) is 26.0. The van der Waals surface area contributed by atoms with Crippen molar-refractivity contribution in [2.45, 2.75) is 20.0 Å². The van der Waals surface area contributed by atoms with Gasteiger partial charge in [-0.25, -0.2) is 4.98 Å². The Balaban J connectivity index is 1.12.